The highest BCUT2D eigenvalue weighted by Gasteiger charge is 2.27. The van der Waals surface area contributed by atoms with E-state index in [-0.39, 0.29) is 24.1 Å². The maximum atomic E-state index is 13.1. The summed E-state index contributed by atoms with van der Waals surface area (Å²) < 4.78 is 5.30. The first-order chi connectivity index (χ1) is 19.5. The first kappa shape index (κ1) is 27.1. The van der Waals surface area contributed by atoms with E-state index in [1.54, 1.807) is 17.0 Å². The number of piperazine rings is 1. The third kappa shape index (κ3) is 6.57. The Bertz CT molecular complexity index is 1380. The number of benzene rings is 2. The lowest BCUT2D eigenvalue weighted by Gasteiger charge is -2.36. The van der Waals surface area contributed by atoms with Crippen molar-refractivity contribution in [2.24, 2.45) is 5.92 Å². The van der Waals surface area contributed by atoms with E-state index in [9.17, 15) is 9.59 Å². The zero-order valence-corrected chi connectivity index (χ0v) is 23.1. The van der Waals surface area contributed by atoms with E-state index in [0.29, 0.717) is 38.6 Å². The molecule has 206 valence electrons. The predicted molar refractivity (Wildman–Crippen MR) is 156 cm³/mol. The van der Waals surface area contributed by atoms with Crippen molar-refractivity contribution >= 4 is 17.6 Å². The Balaban J connectivity index is 1.16. The van der Waals surface area contributed by atoms with Crippen molar-refractivity contribution < 1.29 is 14.0 Å². The largest absolute Gasteiger partial charge is 0.459 e. The second kappa shape index (κ2) is 12.6. The summed E-state index contributed by atoms with van der Waals surface area (Å²) in [6.45, 7) is 7.21. The van der Waals surface area contributed by atoms with Gasteiger partial charge in [-0.1, -0.05) is 68.4 Å². The van der Waals surface area contributed by atoms with Crippen molar-refractivity contribution in [1.82, 2.24) is 20.0 Å². The van der Waals surface area contributed by atoms with E-state index < -0.39 is 0 Å². The molecule has 0 N–H and O–H groups in total. The molecule has 3 heterocycles. The number of nitrogens with zero attached hydrogens (tertiary/aromatic N) is 5. The molecule has 1 fully saturated rings. The van der Waals surface area contributed by atoms with E-state index in [4.69, 9.17) is 4.42 Å². The van der Waals surface area contributed by atoms with Crippen LogP contribution in [-0.4, -0.2) is 71.1 Å². The smallest absolute Gasteiger partial charge is 0.290 e. The van der Waals surface area contributed by atoms with Gasteiger partial charge in [0.1, 0.15) is 6.54 Å². The second-order valence-corrected chi connectivity index (χ2v) is 10.5. The van der Waals surface area contributed by atoms with Crippen LogP contribution in [0.2, 0.25) is 0 Å². The molecule has 2 aromatic heterocycles. The highest BCUT2D eigenvalue weighted by molar-refractivity contribution is 5.94. The van der Waals surface area contributed by atoms with Crippen LogP contribution in [0.3, 0.4) is 0 Å². The Kier molecular flexibility index (Phi) is 8.54. The molecule has 1 saturated heterocycles. The predicted octanol–water partition coefficient (Wildman–Crippen LogP) is 5.24. The van der Waals surface area contributed by atoms with Crippen LogP contribution in [0.25, 0.3) is 22.4 Å². The van der Waals surface area contributed by atoms with Crippen molar-refractivity contribution in [1.29, 1.82) is 0 Å². The molecule has 8 heteroatoms. The summed E-state index contributed by atoms with van der Waals surface area (Å²) in [5, 5.41) is 8.95. The highest BCUT2D eigenvalue weighted by atomic mass is 16.3. The molecular formula is C32H35N5O3. The van der Waals surface area contributed by atoms with Crippen LogP contribution in [0.1, 0.15) is 30.8 Å². The number of rotatable bonds is 9. The summed E-state index contributed by atoms with van der Waals surface area (Å²) in [7, 11) is 0. The average Bonchev–Trinajstić information content (AvgIpc) is 3.55. The van der Waals surface area contributed by atoms with Crippen LogP contribution in [0.15, 0.2) is 89.5 Å². The molecule has 40 heavy (non-hydrogen) atoms. The quantitative estimate of drug-likeness (QED) is 0.290. The van der Waals surface area contributed by atoms with E-state index in [1.807, 2.05) is 35.2 Å². The molecule has 0 radical (unpaired) electrons. The molecule has 2 amide bonds. The van der Waals surface area contributed by atoms with E-state index in [0.717, 1.165) is 29.1 Å². The number of aromatic nitrogens is 2. The summed E-state index contributed by atoms with van der Waals surface area (Å²) in [6, 6.07) is 25.9. The van der Waals surface area contributed by atoms with Gasteiger partial charge in [0.25, 0.3) is 5.91 Å². The molecule has 5 rings (SSSR count). The summed E-state index contributed by atoms with van der Waals surface area (Å²) in [6.07, 6.45) is 2.30. The van der Waals surface area contributed by atoms with Crippen molar-refractivity contribution in [2.75, 3.05) is 44.2 Å². The Labute approximate surface area is 235 Å². The van der Waals surface area contributed by atoms with E-state index in [1.165, 1.54) is 11.8 Å². The first-order valence-corrected chi connectivity index (χ1v) is 13.8. The number of carbonyl (C=O) groups is 2. The van der Waals surface area contributed by atoms with Gasteiger partial charge in [0, 0.05) is 38.3 Å². The molecule has 1 aliphatic rings. The zero-order valence-electron chi connectivity index (χ0n) is 23.1. The average molecular weight is 538 g/mol. The Morgan fingerprint density at radius 2 is 1.52 bits per heavy atom. The van der Waals surface area contributed by atoms with Gasteiger partial charge in [0.2, 0.25) is 5.91 Å². The maximum Gasteiger partial charge on any atom is 0.290 e. The molecular weight excluding hydrogens is 502 g/mol. The van der Waals surface area contributed by atoms with Gasteiger partial charge in [0.05, 0.1) is 12.0 Å². The molecule has 4 aromatic rings. The van der Waals surface area contributed by atoms with Crippen LogP contribution in [0.5, 0.6) is 0 Å². The minimum atomic E-state index is -0.247. The lowest BCUT2D eigenvalue weighted by Crippen LogP contribution is -2.52. The molecule has 0 unspecified atom stereocenters. The molecule has 0 atom stereocenters. The fraction of sp³-hybridized carbons (Fsp3) is 0.312. The fourth-order valence-electron chi connectivity index (χ4n) is 4.78. The minimum absolute atomic E-state index is 0.0455. The zero-order chi connectivity index (χ0) is 27.9. The van der Waals surface area contributed by atoms with Crippen molar-refractivity contribution in [3.63, 3.8) is 0 Å². The number of anilines is 1. The first-order valence-electron chi connectivity index (χ1n) is 13.8. The third-order valence-electron chi connectivity index (χ3n) is 7.22. The topological polar surface area (TPSA) is 82.8 Å². The molecule has 8 nitrogen and oxygen atoms in total. The van der Waals surface area contributed by atoms with Crippen LogP contribution in [0, 0.1) is 5.92 Å². The number of hydrogen-bond acceptors (Lipinski definition) is 6. The molecule has 0 bridgehead atoms. The van der Waals surface area contributed by atoms with Crippen LogP contribution < -0.4 is 4.90 Å². The fourth-order valence-corrected chi connectivity index (χ4v) is 4.78. The number of carbonyl (C=O) groups excluding carboxylic acids is 2. The molecule has 0 saturated carbocycles. The molecule has 0 spiro atoms. The monoisotopic (exact) mass is 537 g/mol. The Morgan fingerprint density at radius 3 is 2.15 bits per heavy atom. The van der Waals surface area contributed by atoms with E-state index in [2.05, 4.69) is 65.3 Å². The number of hydrogen-bond donors (Lipinski definition) is 0. The van der Waals surface area contributed by atoms with Crippen molar-refractivity contribution in [3.8, 4) is 22.4 Å². The number of amides is 2. The third-order valence-corrected chi connectivity index (χ3v) is 7.22. The van der Waals surface area contributed by atoms with Gasteiger partial charge in [-0.25, -0.2) is 0 Å². The highest BCUT2D eigenvalue weighted by Crippen LogP contribution is 2.24. The molecule has 1 aliphatic heterocycles. The van der Waals surface area contributed by atoms with Crippen LogP contribution in [0.4, 0.5) is 5.82 Å². The van der Waals surface area contributed by atoms with E-state index >= 15 is 0 Å². The summed E-state index contributed by atoms with van der Waals surface area (Å²) in [5.74, 6) is 1.18. The van der Waals surface area contributed by atoms with Gasteiger partial charge in [-0.05, 0) is 47.7 Å². The van der Waals surface area contributed by atoms with Gasteiger partial charge >= 0.3 is 0 Å². The SMILES string of the molecule is CC(C)CCN(CC(=O)N1CCN(c2ccc(-c3ccc(-c4ccccc4)cc3)nn2)CC1)C(=O)c1ccco1. The lowest BCUT2D eigenvalue weighted by molar-refractivity contribution is -0.132. The summed E-state index contributed by atoms with van der Waals surface area (Å²) in [5.41, 5.74) is 4.18. The summed E-state index contributed by atoms with van der Waals surface area (Å²) in [4.78, 5) is 31.6. The van der Waals surface area contributed by atoms with Crippen LogP contribution in [-0.2, 0) is 4.79 Å². The summed E-state index contributed by atoms with van der Waals surface area (Å²) >= 11 is 0. The Morgan fingerprint density at radius 1 is 0.825 bits per heavy atom. The van der Waals surface area contributed by atoms with Gasteiger partial charge in [0.15, 0.2) is 11.6 Å². The van der Waals surface area contributed by atoms with Gasteiger partial charge in [-0.3, -0.25) is 9.59 Å². The molecule has 2 aromatic carbocycles. The lowest BCUT2D eigenvalue weighted by atomic mass is 10.0. The normalized spacial score (nSPS) is 13.5. The van der Waals surface area contributed by atoms with Crippen LogP contribution >= 0.6 is 0 Å². The maximum absolute atomic E-state index is 13.1. The Hall–Kier alpha value is -4.46. The molecule has 0 aliphatic carbocycles. The van der Waals surface area contributed by atoms with Gasteiger partial charge in [-0.15, -0.1) is 10.2 Å². The minimum Gasteiger partial charge on any atom is -0.459 e. The standard InChI is InChI=1S/C32H35N5O3/c1-24(2)16-17-37(32(39)29-9-6-22-40-29)23-31(38)36-20-18-35(19-21-36)30-15-14-28(33-34-30)27-12-10-26(11-13-27)25-7-4-3-5-8-25/h3-15,22,24H,16-21,23H2,1-2H3. The van der Waals surface area contributed by atoms with Gasteiger partial charge in [-0.2, -0.15) is 0 Å². The number of furan rings is 1. The van der Waals surface area contributed by atoms with Gasteiger partial charge < -0.3 is 19.1 Å². The van der Waals surface area contributed by atoms with Crippen molar-refractivity contribution in [2.45, 2.75) is 20.3 Å². The van der Waals surface area contributed by atoms with Crippen molar-refractivity contribution in [3.05, 3.63) is 90.9 Å². The second-order valence-electron chi connectivity index (χ2n) is 10.5.